The number of hydrogen-bond acceptors (Lipinski definition) is 7. The number of amides is 1. The predicted molar refractivity (Wildman–Crippen MR) is 118 cm³/mol. The first-order valence-electron chi connectivity index (χ1n) is 9.94. The summed E-state index contributed by atoms with van der Waals surface area (Å²) in [6.07, 6.45) is -0.0464. The fourth-order valence-corrected chi connectivity index (χ4v) is 5.40. The quantitative estimate of drug-likeness (QED) is 0.467. The average molecular weight is 448 g/mol. The van der Waals surface area contributed by atoms with Crippen molar-refractivity contribution in [1.29, 1.82) is 0 Å². The van der Waals surface area contributed by atoms with Gasteiger partial charge in [0.25, 0.3) is 0 Å². The monoisotopic (exact) mass is 447 g/mol. The number of ether oxygens (including phenoxy) is 2. The van der Waals surface area contributed by atoms with Crippen molar-refractivity contribution in [3.8, 4) is 0 Å². The molecule has 0 aromatic carbocycles. The summed E-state index contributed by atoms with van der Waals surface area (Å²) in [6, 6.07) is -0.857. The molecule has 0 unspecified atom stereocenters. The van der Waals surface area contributed by atoms with E-state index in [1.165, 1.54) is 18.9 Å². The van der Waals surface area contributed by atoms with Crippen LogP contribution in [0.5, 0.6) is 0 Å². The Kier molecular flexibility index (Phi) is 8.80. The smallest absolute Gasteiger partial charge is 0.408 e. The number of Topliss-reactive ketones (excluding diaryl/α,β-unsaturated/α-hetero) is 1. The molecule has 29 heavy (non-hydrogen) atoms. The number of thioether (sulfide) groups is 1. The molecule has 0 heterocycles. The van der Waals surface area contributed by atoms with Gasteiger partial charge in [-0.05, 0) is 38.9 Å². The first-order chi connectivity index (χ1) is 13.1. The minimum absolute atomic E-state index is 0.0423. The van der Waals surface area contributed by atoms with E-state index < -0.39 is 32.0 Å². The molecule has 0 bridgehead atoms. The lowest BCUT2D eigenvalue weighted by molar-refractivity contribution is -0.142. The minimum Gasteiger partial charge on any atom is -0.467 e. The largest absolute Gasteiger partial charge is 0.467 e. The van der Waals surface area contributed by atoms with E-state index in [2.05, 4.69) is 39.2 Å². The summed E-state index contributed by atoms with van der Waals surface area (Å²) >= 11 is 1.46. The molecule has 7 nitrogen and oxygen atoms in total. The average Bonchev–Trinajstić information content (AvgIpc) is 2.86. The minimum atomic E-state index is -2.03. The number of nitrogens with one attached hydrogen (secondary N) is 1. The fourth-order valence-electron chi connectivity index (χ4n) is 2.61. The van der Waals surface area contributed by atoms with Crippen molar-refractivity contribution in [2.75, 3.05) is 12.9 Å². The van der Waals surface area contributed by atoms with Gasteiger partial charge in [0, 0.05) is 23.8 Å². The number of hydrogen-bond donors (Lipinski definition) is 1. The van der Waals surface area contributed by atoms with E-state index in [4.69, 9.17) is 13.9 Å². The van der Waals surface area contributed by atoms with E-state index in [-0.39, 0.29) is 27.9 Å². The predicted octanol–water partition coefficient (Wildman–Crippen LogP) is 3.91. The van der Waals surface area contributed by atoms with Crippen molar-refractivity contribution in [3.05, 3.63) is 0 Å². The van der Waals surface area contributed by atoms with Crippen LogP contribution in [0.4, 0.5) is 4.79 Å². The molecule has 9 heteroatoms. The van der Waals surface area contributed by atoms with Crippen molar-refractivity contribution in [2.45, 2.75) is 95.5 Å². The van der Waals surface area contributed by atoms with Crippen molar-refractivity contribution in [3.63, 3.8) is 0 Å². The Hall–Kier alpha value is -1.06. The molecule has 0 spiro atoms. The van der Waals surface area contributed by atoms with Crippen molar-refractivity contribution in [1.82, 2.24) is 5.32 Å². The van der Waals surface area contributed by atoms with Crippen LogP contribution in [0.1, 0.15) is 54.4 Å². The summed E-state index contributed by atoms with van der Waals surface area (Å²) < 4.78 is 16.5. The number of esters is 1. The van der Waals surface area contributed by atoms with Crippen LogP contribution in [0.3, 0.4) is 0 Å². The Balaban J connectivity index is 2.79. The lowest BCUT2D eigenvalue weighted by atomic mass is 10.2. The highest BCUT2D eigenvalue weighted by atomic mass is 32.2. The second-order valence-electron chi connectivity index (χ2n) is 9.96. The van der Waals surface area contributed by atoms with E-state index in [9.17, 15) is 14.4 Å². The Morgan fingerprint density at radius 3 is 2.24 bits per heavy atom. The van der Waals surface area contributed by atoms with Gasteiger partial charge in [-0.2, -0.15) is 11.8 Å². The third-order valence-corrected chi connectivity index (χ3v) is 11.1. The van der Waals surface area contributed by atoms with Crippen LogP contribution in [0, 0.1) is 0 Å². The molecule has 1 aliphatic carbocycles. The van der Waals surface area contributed by atoms with Gasteiger partial charge in [-0.25, -0.2) is 9.59 Å². The molecule has 1 aliphatic rings. The number of rotatable bonds is 7. The van der Waals surface area contributed by atoms with Crippen LogP contribution < -0.4 is 5.32 Å². The molecule has 1 N–H and O–H groups in total. The van der Waals surface area contributed by atoms with Gasteiger partial charge in [0.2, 0.25) is 0 Å². The van der Waals surface area contributed by atoms with Crippen LogP contribution in [0.2, 0.25) is 18.1 Å². The van der Waals surface area contributed by atoms with Crippen LogP contribution in [-0.4, -0.2) is 62.0 Å². The number of carbonyl (C=O) groups is 3. The lowest BCUT2D eigenvalue weighted by Gasteiger charge is -2.39. The maximum atomic E-state index is 12.1. The maximum Gasteiger partial charge on any atom is 0.408 e. The van der Waals surface area contributed by atoms with Gasteiger partial charge in [-0.1, -0.05) is 20.8 Å². The van der Waals surface area contributed by atoms with Gasteiger partial charge in [0.15, 0.2) is 8.32 Å². The molecule has 0 aromatic heterocycles. The summed E-state index contributed by atoms with van der Waals surface area (Å²) in [6.45, 7) is 16.1. The highest BCUT2D eigenvalue weighted by Crippen LogP contribution is 2.41. The number of ketones is 1. The van der Waals surface area contributed by atoms with Gasteiger partial charge < -0.3 is 19.2 Å². The Morgan fingerprint density at radius 2 is 1.76 bits per heavy atom. The molecule has 0 aliphatic heterocycles. The zero-order chi connectivity index (χ0) is 22.6. The van der Waals surface area contributed by atoms with Crippen LogP contribution >= 0.6 is 11.8 Å². The molecule has 0 aromatic rings. The van der Waals surface area contributed by atoms with Crippen LogP contribution in [0.25, 0.3) is 0 Å². The fraction of sp³-hybridized carbons (Fsp3) is 0.850. The van der Waals surface area contributed by atoms with Crippen LogP contribution in [0.15, 0.2) is 0 Å². The van der Waals surface area contributed by atoms with Gasteiger partial charge in [-0.15, -0.1) is 0 Å². The summed E-state index contributed by atoms with van der Waals surface area (Å²) in [7, 11) is -0.749. The number of carbonyl (C=O) groups excluding carboxylic acids is 3. The normalized spacial score (nSPS) is 21.6. The van der Waals surface area contributed by atoms with Gasteiger partial charge in [-0.3, -0.25) is 4.79 Å². The van der Waals surface area contributed by atoms with E-state index in [1.807, 2.05) is 0 Å². The summed E-state index contributed by atoms with van der Waals surface area (Å²) in [5, 5.41) is 2.56. The summed E-state index contributed by atoms with van der Waals surface area (Å²) in [5.74, 6) is -0.100. The molecule has 168 valence electrons. The standard InChI is InChI=1S/C20H37NO6SSi/c1-19(2,3)26-18(24)21-14(17(23)25-7)12-28-16-11-13(22)10-15(16)27-29(8,9)20(4,5)6/h14-16H,10-12H2,1-9H3,(H,21,24)/t14-,15-,16-/m0/s1. The van der Waals surface area contributed by atoms with Crippen molar-refractivity contribution >= 4 is 37.9 Å². The molecule has 1 amide bonds. The molecule has 1 fully saturated rings. The molecule has 1 saturated carbocycles. The van der Waals surface area contributed by atoms with E-state index >= 15 is 0 Å². The van der Waals surface area contributed by atoms with E-state index in [0.29, 0.717) is 12.8 Å². The van der Waals surface area contributed by atoms with E-state index in [0.717, 1.165) is 0 Å². The zero-order valence-corrected chi connectivity index (χ0v) is 21.0. The second-order valence-corrected chi connectivity index (χ2v) is 16.0. The second kappa shape index (κ2) is 9.83. The topological polar surface area (TPSA) is 90.9 Å². The molecule has 0 radical (unpaired) electrons. The first-order valence-corrected chi connectivity index (χ1v) is 13.9. The molecule has 0 saturated heterocycles. The number of alkyl carbamates (subject to hydrolysis) is 1. The molecular weight excluding hydrogens is 410 g/mol. The summed E-state index contributed by atoms with van der Waals surface area (Å²) in [5.41, 5.74) is -0.669. The zero-order valence-electron chi connectivity index (χ0n) is 19.2. The lowest BCUT2D eigenvalue weighted by Crippen LogP contribution is -2.47. The highest BCUT2D eigenvalue weighted by Gasteiger charge is 2.44. The third-order valence-electron chi connectivity index (χ3n) is 5.18. The van der Waals surface area contributed by atoms with Crippen molar-refractivity contribution in [2.24, 2.45) is 0 Å². The van der Waals surface area contributed by atoms with Crippen LogP contribution in [-0.2, 0) is 23.5 Å². The maximum absolute atomic E-state index is 12.1. The first kappa shape index (κ1) is 26.0. The van der Waals surface area contributed by atoms with Gasteiger partial charge >= 0.3 is 12.1 Å². The Labute approximate surface area is 180 Å². The SMILES string of the molecule is COC(=O)[C@H](CS[C@H]1CC(=O)C[C@@H]1O[Si](C)(C)C(C)(C)C)NC(=O)OC(C)(C)C. The van der Waals surface area contributed by atoms with Crippen molar-refractivity contribution < 1.29 is 28.3 Å². The molecular formula is C20H37NO6SSi. The third kappa shape index (κ3) is 8.30. The highest BCUT2D eigenvalue weighted by molar-refractivity contribution is 8.00. The molecule has 3 atom stereocenters. The number of methoxy groups -OCH3 is 1. The summed E-state index contributed by atoms with van der Waals surface area (Å²) in [4.78, 5) is 36.3. The molecule has 1 rings (SSSR count). The Morgan fingerprint density at radius 1 is 1.17 bits per heavy atom. The Bertz CT molecular complexity index is 611. The van der Waals surface area contributed by atoms with E-state index in [1.54, 1.807) is 20.8 Å². The van der Waals surface area contributed by atoms with Gasteiger partial charge in [0.1, 0.15) is 17.4 Å². The van der Waals surface area contributed by atoms with Gasteiger partial charge in [0.05, 0.1) is 13.2 Å².